The van der Waals surface area contributed by atoms with Crippen LogP contribution in [0.1, 0.15) is 201 Å². The first-order chi connectivity index (χ1) is 17.6. The summed E-state index contributed by atoms with van der Waals surface area (Å²) in [6.45, 7) is 6.98. The van der Waals surface area contributed by atoms with Gasteiger partial charge in [-0.3, -0.25) is 4.79 Å². The zero-order chi connectivity index (χ0) is 26.5. The van der Waals surface area contributed by atoms with E-state index in [9.17, 15) is 4.79 Å². The van der Waals surface area contributed by atoms with Crippen molar-refractivity contribution in [1.82, 2.24) is 0 Å². The Morgan fingerprint density at radius 1 is 0.472 bits per heavy atom. The van der Waals surface area contributed by atoms with Crippen LogP contribution >= 0.6 is 0 Å². The molecule has 0 saturated carbocycles. The molecule has 0 aliphatic carbocycles. The van der Waals surface area contributed by atoms with E-state index < -0.39 is 5.97 Å². The zero-order valence-electron chi connectivity index (χ0n) is 25.3. The molecule has 0 fully saturated rings. The highest BCUT2D eigenvalue weighted by Gasteiger charge is 2.09. The highest BCUT2D eigenvalue weighted by atomic mass is 16.4. The molecule has 0 spiro atoms. The maximum Gasteiger partial charge on any atom is 0.303 e. The number of hydrogen-bond donors (Lipinski definition) is 1. The minimum Gasteiger partial charge on any atom is -0.481 e. The van der Waals surface area contributed by atoms with E-state index in [1.807, 2.05) is 0 Å². The van der Waals surface area contributed by atoms with Crippen molar-refractivity contribution in [3.05, 3.63) is 0 Å². The van der Waals surface area contributed by atoms with Crippen molar-refractivity contribution in [2.24, 2.45) is 11.8 Å². The summed E-state index contributed by atoms with van der Waals surface area (Å²) in [5.41, 5.74) is 0. The number of unbranched alkanes of at least 4 members (excludes halogenated alkanes) is 20. The molecule has 2 heteroatoms. The van der Waals surface area contributed by atoms with Gasteiger partial charge in [0, 0.05) is 6.42 Å². The van der Waals surface area contributed by atoms with Crippen molar-refractivity contribution < 1.29 is 9.90 Å². The molecular formula is C34H68O2. The Balaban J connectivity index is 3.78. The zero-order valence-corrected chi connectivity index (χ0v) is 25.3. The Bertz CT molecular complexity index is 431. The Kier molecular flexibility index (Phi) is 28.6. The predicted molar refractivity (Wildman–Crippen MR) is 161 cm³/mol. The third-order valence-electron chi connectivity index (χ3n) is 8.11. The van der Waals surface area contributed by atoms with E-state index >= 15 is 0 Å². The van der Waals surface area contributed by atoms with Crippen molar-refractivity contribution in [3.8, 4) is 0 Å². The van der Waals surface area contributed by atoms with Gasteiger partial charge in [-0.15, -0.1) is 0 Å². The lowest BCUT2D eigenvalue weighted by molar-refractivity contribution is -0.137. The van der Waals surface area contributed by atoms with Crippen LogP contribution in [0.15, 0.2) is 0 Å². The van der Waals surface area contributed by atoms with Crippen molar-refractivity contribution in [3.63, 3.8) is 0 Å². The minimum absolute atomic E-state index is 0.346. The standard InChI is InChI=1S/C34H68O2/c1-4-5-6-7-18-23-28-33(30-25-20-15-16-21-26-31-34(35)36)29-24-19-14-12-10-8-9-11-13-17-22-27-32(2)3/h32-33H,4-31H2,1-3H3,(H,35,36). The fourth-order valence-electron chi connectivity index (χ4n) is 5.64. The average Bonchev–Trinajstić information content (AvgIpc) is 2.84. The fourth-order valence-corrected chi connectivity index (χ4v) is 5.64. The molecule has 0 saturated heterocycles. The lowest BCUT2D eigenvalue weighted by Gasteiger charge is -2.17. The summed E-state index contributed by atoms with van der Waals surface area (Å²) >= 11 is 0. The van der Waals surface area contributed by atoms with Crippen LogP contribution in [0.3, 0.4) is 0 Å². The molecule has 0 aromatic carbocycles. The van der Waals surface area contributed by atoms with Gasteiger partial charge in [0.2, 0.25) is 0 Å². The van der Waals surface area contributed by atoms with Crippen LogP contribution in [0, 0.1) is 11.8 Å². The van der Waals surface area contributed by atoms with E-state index in [4.69, 9.17) is 5.11 Å². The van der Waals surface area contributed by atoms with Crippen LogP contribution < -0.4 is 0 Å². The molecule has 2 nitrogen and oxygen atoms in total. The molecule has 0 rings (SSSR count). The van der Waals surface area contributed by atoms with E-state index in [0.29, 0.717) is 6.42 Å². The molecule has 0 bridgehead atoms. The topological polar surface area (TPSA) is 37.3 Å². The van der Waals surface area contributed by atoms with E-state index in [-0.39, 0.29) is 0 Å². The number of aliphatic carboxylic acids is 1. The monoisotopic (exact) mass is 509 g/mol. The number of rotatable bonds is 30. The summed E-state index contributed by atoms with van der Waals surface area (Å²) in [6.07, 6.45) is 37.8. The average molecular weight is 509 g/mol. The molecule has 216 valence electrons. The van der Waals surface area contributed by atoms with Crippen LogP contribution in [0.5, 0.6) is 0 Å². The Labute approximate surface area is 228 Å². The number of carbonyl (C=O) groups is 1. The summed E-state index contributed by atoms with van der Waals surface area (Å²) in [5.74, 6) is 1.19. The van der Waals surface area contributed by atoms with Crippen molar-refractivity contribution >= 4 is 5.97 Å². The smallest absolute Gasteiger partial charge is 0.303 e. The first kappa shape index (κ1) is 35.5. The lowest BCUT2D eigenvalue weighted by atomic mass is 9.89. The number of hydrogen-bond acceptors (Lipinski definition) is 1. The number of carboxylic acid groups (broad SMARTS) is 1. The predicted octanol–water partition coefficient (Wildman–Crippen LogP) is 12.3. The molecule has 1 atom stereocenters. The molecule has 0 aromatic rings. The normalized spacial score (nSPS) is 12.4. The largest absolute Gasteiger partial charge is 0.481 e. The summed E-state index contributed by atoms with van der Waals surface area (Å²) in [4.78, 5) is 10.6. The molecule has 0 amide bonds. The summed E-state index contributed by atoms with van der Waals surface area (Å²) in [6, 6.07) is 0. The van der Waals surface area contributed by atoms with Crippen LogP contribution in [0.2, 0.25) is 0 Å². The quantitative estimate of drug-likeness (QED) is 0.0979. The van der Waals surface area contributed by atoms with Gasteiger partial charge >= 0.3 is 5.97 Å². The Morgan fingerprint density at radius 2 is 0.778 bits per heavy atom. The second-order valence-electron chi connectivity index (χ2n) is 12.3. The highest BCUT2D eigenvalue weighted by Crippen LogP contribution is 2.25. The first-order valence-electron chi connectivity index (χ1n) is 16.8. The molecule has 1 N–H and O–H groups in total. The lowest BCUT2D eigenvalue weighted by Crippen LogP contribution is -2.02. The van der Waals surface area contributed by atoms with E-state index in [2.05, 4.69) is 20.8 Å². The van der Waals surface area contributed by atoms with Gasteiger partial charge in [0.25, 0.3) is 0 Å². The van der Waals surface area contributed by atoms with Crippen LogP contribution in [0.25, 0.3) is 0 Å². The second-order valence-corrected chi connectivity index (χ2v) is 12.3. The molecule has 0 radical (unpaired) electrons. The molecule has 0 aromatic heterocycles. The molecule has 36 heavy (non-hydrogen) atoms. The highest BCUT2D eigenvalue weighted by molar-refractivity contribution is 5.66. The van der Waals surface area contributed by atoms with Gasteiger partial charge in [-0.25, -0.2) is 0 Å². The maximum absolute atomic E-state index is 10.6. The van der Waals surface area contributed by atoms with Gasteiger partial charge in [0.05, 0.1) is 0 Å². The maximum atomic E-state index is 10.6. The third-order valence-corrected chi connectivity index (χ3v) is 8.11. The van der Waals surface area contributed by atoms with Gasteiger partial charge < -0.3 is 5.11 Å². The SMILES string of the molecule is CCCCCCCCC(CCCCCCCCCCCCCC(C)C)CCCCCCCCC(=O)O. The van der Waals surface area contributed by atoms with Crippen molar-refractivity contribution in [1.29, 1.82) is 0 Å². The van der Waals surface area contributed by atoms with Crippen LogP contribution in [0.4, 0.5) is 0 Å². The summed E-state index contributed by atoms with van der Waals surface area (Å²) in [7, 11) is 0. The second kappa shape index (κ2) is 29.0. The minimum atomic E-state index is -0.643. The Hall–Kier alpha value is -0.530. The fraction of sp³-hybridized carbons (Fsp3) is 0.971. The molecule has 0 aliphatic heterocycles. The molecule has 0 heterocycles. The summed E-state index contributed by atoms with van der Waals surface area (Å²) < 4.78 is 0. The molecule has 1 unspecified atom stereocenters. The number of carboxylic acids is 1. The Morgan fingerprint density at radius 3 is 1.11 bits per heavy atom. The van der Waals surface area contributed by atoms with Gasteiger partial charge in [0.15, 0.2) is 0 Å². The van der Waals surface area contributed by atoms with Gasteiger partial charge in [-0.05, 0) is 18.3 Å². The van der Waals surface area contributed by atoms with E-state index in [1.54, 1.807) is 0 Å². The van der Waals surface area contributed by atoms with Gasteiger partial charge in [-0.2, -0.15) is 0 Å². The molecule has 0 aliphatic rings. The molecular weight excluding hydrogens is 440 g/mol. The van der Waals surface area contributed by atoms with Crippen LogP contribution in [-0.2, 0) is 4.79 Å². The third kappa shape index (κ3) is 29.7. The first-order valence-corrected chi connectivity index (χ1v) is 16.8. The van der Waals surface area contributed by atoms with Crippen molar-refractivity contribution in [2.45, 2.75) is 201 Å². The van der Waals surface area contributed by atoms with E-state index in [0.717, 1.165) is 24.7 Å². The van der Waals surface area contributed by atoms with E-state index in [1.165, 1.54) is 161 Å². The summed E-state index contributed by atoms with van der Waals surface area (Å²) in [5, 5.41) is 8.75. The van der Waals surface area contributed by atoms with Crippen LogP contribution in [-0.4, -0.2) is 11.1 Å². The van der Waals surface area contributed by atoms with Gasteiger partial charge in [-0.1, -0.05) is 188 Å². The van der Waals surface area contributed by atoms with Crippen molar-refractivity contribution in [2.75, 3.05) is 0 Å². The van der Waals surface area contributed by atoms with Gasteiger partial charge in [0.1, 0.15) is 0 Å².